The second-order valence-electron chi connectivity index (χ2n) is 23.8. The molecule has 0 saturated heterocycles. The molecule has 0 aromatic rings. The van der Waals surface area contributed by atoms with Crippen LogP contribution in [0.5, 0.6) is 0 Å². The molecule has 2 atom stereocenters. The lowest BCUT2D eigenvalue weighted by molar-refractivity contribution is -0.870. The number of esters is 2. The summed E-state index contributed by atoms with van der Waals surface area (Å²) in [7, 11) is 1.13. The topological polar surface area (TPSA) is 111 Å². The largest absolute Gasteiger partial charge is 0.756 e. The quantitative estimate of drug-likeness (QED) is 0.0195. The van der Waals surface area contributed by atoms with Crippen molar-refractivity contribution < 1.29 is 42.1 Å². The number of phosphoric acid groups is 1. The monoisotopic (exact) mass is 1240 g/mol. The molecule has 0 radical (unpaired) electrons. The Hall–Kier alpha value is -4.63. The summed E-state index contributed by atoms with van der Waals surface area (Å²) in [5, 5.41) is 0. The predicted molar refractivity (Wildman–Crippen MR) is 378 cm³/mol. The van der Waals surface area contributed by atoms with Gasteiger partial charge in [-0.25, -0.2) is 0 Å². The number of rotatable bonds is 62. The lowest BCUT2D eigenvalue weighted by atomic mass is 10.0. The van der Waals surface area contributed by atoms with Crippen LogP contribution >= 0.6 is 7.82 Å². The summed E-state index contributed by atoms with van der Waals surface area (Å²) in [5.74, 6) is -0.870. The second kappa shape index (κ2) is 66.8. The van der Waals surface area contributed by atoms with E-state index in [0.29, 0.717) is 17.4 Å². The van der Waals surface area contributed by atoms with E-state index in [4.69, 9.17) is 18.5 Å². The minimum atomic E-state index is -4.66. The molecule has 498 valence electrons. The van der Waals surface area contributed by atoms with Crippen LogP contribution < -0.4 is 4.89 Å². The maximum atomic E-state index is 12.9. The summed E-state index contributed by atoms with van der Waals surface area (Å²) in [6.07, 6.45) is 101. The van der Waals surface area contributed by atoms with Gasteiger partial charge in [0.25, 0.3) is 7.82 Å². The molecule has 9 nitrogen and oxygen atoms in total. The van der Waals surface area contributed by atoms with E-state index in [9.17, 15) is 19.0 Å². The zero-order valence-electron chi connectivity index (χ0n) is 56.6. The van der Waals surface area contributed by atoms with E-state index in [1.54, 1.807) is 0 Å². The van der Waals surface area contributed by atoms with Crippen molar-refractivity contribution in [1.29, 1.82) is 0 Å². The van der Waals surface area contributed by atoms with Gasteiger partial charge in [-0.15, -0.1) is 0 Å². The maximum Gasteiger partial charge on any atom is 0.306 e. The molecule has 0 spiro atoms. The molecule has 0 aromatic carbocycles. The Morgan fingerprint density at radius 3 is 0.909 bits per heavy atom. The minimum Gasteiger partial charge on any atom is -0.756 e. The highest BCUT2D eigenvalue weighted by Crippen LogP contribution is 2.38. The number of unbranched alkanes of at least 4 members (excludes halogenated alkanes) is 20. The fourth-order valence-electron chi connectivity index (χ4n) is 8.97. The van der Waals surface area contributed by atoms with Gasteiger partial charge >= 0.3 is 11.9 Å². The number of phosphoric ester groups is 1. The number of nitrogens with zero attached hydrogens (tertiary/aromatic N) is 1. The molecule has 0 aliphatic carbocycles. The van der Waals surface area contributed by atoms with Gasteiger partial charge in [-0.2, -0.15) is 0 Å². The fraction of sp³-hybridized carbons (Fsp3) is 0.615. The summed E-state index contributed by atoms with van der Waals surface area (Å²) in [5.41, 5.74) is 0. The van der Waals surface area contributed by atoms with Crippen LogP contribution in [0.4, 0.5) is 0 Å². The first-order valence-electron chi connectivity index (χ1n) is 34.8. The lowest BCUT2D eigenvalue weighted by Gasteiger charge is -2.28. The predicted octanol–water partition coefficient (Wildman–Crippen LogP) is 22.3. The summed E-state index contributed by atoms with van der Waals surface area (Å²) in [6, 6.07) is 0. The van der Waals surface area contributed by atoms with Gasteiger partial charge < -0.3 is 27.9 Å². The molecule has 0 fully saturated rings. The van der Waals surface area contributed by atoms with Gasteiger partial charge in [0.15, 0.2) is 6.10 Å². The van der Waals surface area contributed by atoms with Crippen molar-refractivity contribution in [2.45, 2.75) is 264 Å². The van der Waals surface area contributed by atoms with E-state index in [1.807, 2.05) is 21.1 Å². The molecule has 0 aliphatic heterocycles. The SMILES string of the molecule is CC/C=C\C/C=C\C/C=C\C/C=C\C/C=C\C/C=C\C/C=C\C/C=C\C/C=C\C/C=C\CCCCCCC(=O)OC(COC(=O)CCCCCCCCCCCCCCCCCC/C=C\C/C=C\C/C=C\C/C=C\CC)COP(=O)([O-])OCC[N+](C)(C)C. The van der Waals surface area contributed by atoms with Gasteiger partial charge in [0.05, 0.1) is 27.7 Å². The van der Waals surface area contributed by atoms with Crippen molar-refractivity contribution in [3.8, 4) is 0 Å². The van der Waals surface area contributed by atoms with Crippen LogP contribution in [0, 0.1) is 0 Å². The second-order valence-corrected chi connectivity index (χ2v) is 25.2. The molecule has 0 bridgehead atoms. The summed E-state index contributed by atoms with van der Waals surface area (Å²) >= 11 is 0. The Morgan fingerprint density at radius 2 is 0.614 bits per heavy atom. The van der Waals surface area contributed by atoms with Crippen molar-refractivity contribution in [3.63, 3.8) is 0 Å². The molecular weight excluding hydrogens is 1110 g/mol. The van der Waals surface area contributed by atoms with Crippen LogP contribution in [0.3, 0.4) is 0 Å². The Labute approximate surface area is 540 Å². The number of carbonyl (C=O) groups excluding carboxylic acids is 2. The van der Waals surface area contributed by atoms with Crippen molar-refractivity contribution in [2.24, 2.45) is 0 Å². The number of hydrogen-bond donors (Lipinski definition) is 0. The van der Waals surface area contributed by atoms with E-state index in [-0.39, 0.29) is 26.1 Å². The van der Waals surface area contributed by atoms with E-state index in [1.165, 1.54) is 89.9 Å². The average Bonchev–Trinajstić information content (AvgIpc) is 3.57. The molecule has 2 unspecified atom stereocenters. The van der Waals surface area contributed by atoms with Crippen molar-refractivity contribution in [1.82, 2.24) is 0 Å². The third-order valence-corrected chi connectivity index (χ3v) is 15.2. The Balaban J connectivity index is 4.17. The van der Waals surface area contributed by atoms with Gasteiger partial charge in [0, 0.05) is 12.8 Å². The zero-order chi connectivity index (χ0) is 64.1. The van der Waals surface area contributed by atoms with Gasteiger partial charge in [-0.1, -0.05) is 287 Å². The number of ether oxygens (including phenoxy) is 2. The van der Waals surface area contributed by atoms with Crippen LogP contribution in [0.1, 0.15) is 258 Å². The molecule has 0 saturated carbocycles. The molecule has 10 heteroatoms. The molecule has 88 heavy (non-hydrogen) atoms. The van der Waals surface area contributed by atoms with Crippen LogP contribution in [0.15, 0.2) is 170 Å². The highest BCUT2D eigenvalue weighted by atomic mass is 31.2. The minimum absolute atomic E-state index is 0.0446. The highest BCUT2D eigenvalue weighted by molar-refractivity contribution is 7.45. The molecule has 0 heterocycles. The van der Waals surface area contributed by atoms with Gasteiger partial charge in [-0.3, -0.25) is 14.2 Å². The summed E-state index contributed by atoms with van der Waals surface area (Å²) in [4.78, 5) is 38.1. The normalized spacial score (nSPS) is 14.2. The first-order chi connectivity index (χ1) is 43.0. The molecular formula is C78H128NO8P. The lowest BCUT2D eigenvalue weighted by Crippen LogP contribution is -2.37. The Kier molecular flexibility index (Phi) is 63.3. The van der Waals surface area contributed by atoms with E-state index in [2.05, 4.69) is 184 Å². The fourth-order valence-corrected chi connectivity index (χ4v) is 9.70. The van der Waals surface area contributed by atoms with Crippen LogP contribution in [-0.2, 0) is 32.7 Å². The van der Waals surface area contributed by atoms with Gasteiger partial charge in [-0.05, 0) is 128 Å². The number of allylic oxidation sites excluding steroid dienone is 28. The van der Waals surface area contributed by atoms with Gasteiger partial charge in [0.1, 0.15) is 19.8 Å². The number of quaternary nitrogens is 1. The average molecular weight is 1240 g/mol. The summed E-state index contributed by atoms with van der Waals surface area (Å²) < 4.78 is 34.3. The third kappa shape index (κ3) is 70.5. The molecule has 0 N–H and O–H groups in total. The Morgan fingerprint density at radius 1 is 0.352 bits per heavy atom. The van der Waals surface area contributed by atoms with Crippen molar-refractivity contribution >= 4 is 19.8 Å². The first kappa shape index (κ1) is 83.4. The van der Waals surface area contributed by atoms with Gasteiger partial charge in [0.2, 0.25) is 0 Å². The molecule has 0 aliphatic rings. The number of hydrogen-bond acceptors (Lipinski definition) is 8. The zero-order valence-corrected chi connectivity index (χ0v) is 57.5. The Bertz CT molecular complexity index is 2090. The third-order valence-electron chi connectivity index (χ3n) is 14.2. The van der Waals surface area contributed by atoms with E-state index >= 15 is 0 Å². The number of likely N-dealkylation sites (N-methyl/N-ethyl adjacent to an activating group) is 1. The van der Waals surface area contributed by atoms with Crippen LogP contribution in [0.2, 0.25) is 0 Å². The van der Waals surface area contributed by atoms with E-state index in [0.717, 1.165) is 135 Å². The number of carbonyl (C=O) groups is 2. The summed E-state index contributed by atoms with van der Waals surface area (Å²) in [6.45, 7) is 3.98. The smallest absolute Gasteiger partial charge is 0.306 e. The van der Waals surface area contributed by atoms with Crippen molar-refractivity contribution in [2.75, 3.05) is 47.5 Å². The highest BCUT2D eigenvalue weighted by Gasteiger charge is 2.22. The van der Waals surface area contributed by atoms with Crippen molar-refractivity contribution in [3.05, 3.63) is 170 Å². The molecule has 0 aromatic heterocycles. The van der Waals surface area contributed by atoms with Crippen LogP contribution in [0.25, 0.3) is 0 Å². The maximum absolute atomic E-state index is 12.9. The van der Waals surface area contributed by atoms with Crippen LogP contribution in [-0.4, -0.2) is 70.0 Å². The molecule has 0 rings (SSSR count). The standard InChI is InChI=1S/C78H128NO8P/c1-6-8-10-12-14-16-18-20-22-24-26-28-30-32-34-36-37-38-39-40-41-43-45-47-49-51-53-55-57-59-61-63-65-67-69-71-78(81)87-76(75-86-88(82,83)85-73-72-79(3,4)5)74-84-77(80)70-68-66-64-62-60-58-56-54-52-50-48-46-44-42-35-33-31-29-27-25-23-21-19-17-15-13-11-9-7-2/h8-11,14-17,20-23,26-29,32,34,37-38,40-41,45,47,51,53,57,59,76H,6-7,12-13,18-19,24-25,30-31,33,35-36,39,42-44,46,48-50,52,54-56,58,60-75H2,1-5H3/b10-8-,11-9-,16-14-,17-15-,22-20-,23-21-,28-26-,29-27-,34-32-,38-37-,41-40-,47-45-,53-51-,59-57-. The van der Waals surface area contributed by atoms with E-state index < -0.39 is 32.5 Å². The molecule has 0 amide bonds. The first-order valence-corrected chi connectivity index (χ1v) is 36.3.